The molecule has 1 aliphatic carbocycles. The van der Waals surface area contributed by atoms with Crippen LogP contribution in [0.4, 0.5) is 10.5 Å². The van der Waals surface area contributed by atoms with E-state index in [1.165, 1.54) is 10.7 Å². The summed E-state index contributed by atoms with van der Waals surface area (Å²) in [6, 6.07) is 23.7. The zero-order valence-electron chi connectivity index (χ0n) is 22.6. The topological polar surface area (TPSA) is 96.2 Å². The SMILES string of the molecule is CC(C)(C)c1ccc(C(=O)Nc2ccc(O)c(-c3cc(C4CCC4)n(C(=O)NCc4ccccc4)n3)c2)cc1. The highest BCUT2D eigenvalue weighted by atomic mass is 16.3. The summed E-state index contributed by atoms with van der Waals surface area (Å²) < 4.78 is 1.42. The molecule has 200 valence electrons. The summed E-state index contributed by atoms with van der Waals surface area (Å²) in [7, 11) is 0. The number of aromatic hydroxyl groups is 1. The minimum atomic E-state index is -0.311. The molecule has 0 saturated heterocycles. The molecule has 5 rings (SSSR count). The van der Waals surface area contributed by atoms with Gasteiger partial charge < -0.3 is 15.7 Å². The summed E-state index contributed by atoms with van der Waals surface area (Å²) in [5.41, 5.74) is 4.98. The van der Waals surface area contributed by atoms with Gasteiger partial charge in [-0.25, -0.2) is 4.79 Å². The zero-order chi connectivity index (χ0) is 27.6. The summed E-state index contributed by atoms with van der Waals surface area (Å²) >= 11 is 0. The number of phenolic OH excluding ortho intramolecular Hbond substituents is 1. The van der Waals surface area contributed by atoms with Crippen molar-refractivity contribution < 1.29 is 14.7 Å². The quantitative estimate of drug-likeness (QED) is 0.242. The molecule has 0 unspecified atom stereocenters. The van der Waals surface area contributed by atoms with Crippen LogP contribution in [-0.2, 0) is 12.0 Å². The smallest absolute Gasteiger partial charge is 0.342 e. The van der Waals surface area contributed by atoms with Gasteiger partial charge in [-0.05, 0) is 65.8 Å². The lowest BCUT2D eigenvalue weighted by Crippen LogP contribution is -2.31. The molecular weight excluding hydrogens is 488 g/mol. The number of nitrogens with zero attached hydrogens (tertiary/aromatic N) is 2. The number of benzene rings is 3. The number of hydrogen-bond acceptors (Lipinski definition) is 4. The Morgan fingerprint density at radius 1 is 0.974 bits per heavy atom. The summed E-state index contributed by atoms with van der Waals surface area (Å²) in [6.45, 7) is 6.78. The predicted octanol–water partition coefficient (Wildman–Crippen LogP) is 6.83. The van der Waals surface area contributed by atoms with Crippen molar-refractivity contribution >= 4 is 17.6 Å². The van der Waals surface area contributed by atoms with E-state index in [4.69, 9.17) is 0 Å². The highest BCUT2D eigenvalue weighted by Crippen LogP contribution is 2.39. The molecule has 39 heavy (non-hydrogen) atoms. The van der Waals surface area contributed by atoms with Gasteiger partial charge in [0.2, 0.25) is 0 Å². The van der Waals surface area contributed by atoms with Crippen molar-refractivity contribution in [2.75, 3.05) is 5.32 Å². The third-order valence-corrected chi connectivity index (χ3v) is 7.28. The highest BCUT2D eigenvalue weighted by molar-refractivity contribution is 6.04. The van der Waals surface area contributed by atoms with E-state index in [1.54, 1.807) is 12.1 Å². The summed E-state index contributed by atoms with van der Waals surface area (Å²) in [5, 5.41) is 21.2. The normalized spacial score (nSPS) is 13.5. The fraction of sp³-hybridized carbons (Fsp3) is 0.281. The lowest BCUT2D eigenvalue weighted by Gasteiger charge is -2.25. The second kappa shape index (κ2) is 10.8. The number of amides is 2. The maximum absolute atomic E-state index is 13.1. The van der Waals surface area contributed by atoms with Crippen molar-refractivity contribution in [3.05, 3.63) is 101 Å². The molecule has 4 aromatic rings. The van der Waals surface area contributed by atoms with Gasteiger partial charge in [0.25, 0.3) is 5.91 Å². The Morgan fingerprint density at radius 2 is 1.69 bits per heavy atom. The van der Waals surface area contributed by atoms with E-state index in [-0.39, 0.29) is 29.0 Å². The Balaban J connectivity index is 1.37. The Bertz CT molecular complexity index is 1480. The molecule has 1 aromatic heterocycles. The average molecular weight is 523 g/mol. The van der Waals surface area contributed by atoms with Crippen LogP contribution in [0.25, 0.3) is 11.3 Å². The van der Waals surface area contributed by atoms with Gasteiger partial charge in [-0.2, -0.15) is 9.78 Å². The van der Waals surface area contributed by atoms with Crippen LogP contribution in [0.1, 0.15) is 73.1 Å². The Kier molecular flexibility index (Phi) is 7.24. The minimum Gasteiger partial charge on any atom is -0.507 e. The van der Waals surface area contributed by atoms with Crippen LogP contribution >= 0.6 is 0 Å². The molecule has 1 heterocycles. The van der Waals surface area contributed by atoms with Gasteiger partial charge in [0.1, 0.15) is 5.75 Å². The first-order valence-corrected chi connectivity index (χ1v) is 13.4. The summed E-state index contributed by atoms with van der Waals surface area (Å²) in [5.74, 6) is 0.0277. The van der Waals surface area contributed by atoms with Gasteiger partial charge in [0.15, 0.2) is 0 Å². The van der Waals surface area contributed by atoms with Crippen molar-refractivity contribution in [1.82, 2.24) is 15.1 Å². The van der Waals surface area contributed by atoms with E-state index >= 15 is 0 Å². The second-order valence-electron chi connectivity index (χ2n) is 11.2. The van der Waals surface area contributed by atoms with E-state index in [1.807, 2.05) is 60.7 Å². The minimum absolute atomic E-state index is 0.00105. The molecular formula is C32H34N4O3. The Hall–Kier alpha value is -4.39. The first-order valence-electron chi connectivity index (χ1n) is 13.4. The average Bonchev–Trinajstić information content (AvgIpc) is 3.32. The number of carbonyl (C=O) groups is 2. The van der Waals surface area contributed by atoms with Crippen LogP contribution < -0.4 is 10.6 Å². The lowest BCUT2D eigenvalue weighted by molar-refractivity contribution is 0.102. The molecule has 7 heteroatoms. The molecule has 1 aliphatic rings. The van der Waals surface area contributed by atoms with E-state index < -0.39 is 0 Å². The maximum Gasteiger partial charge on any atom is 0.342 e. The van der Waals surface area contributed by atoms with Crippen molar-refractivity contribution in [2.45, 2.75) is 57.9 Å². The molecule has 2 amide bonds. The number of aromatic nitrogens is 2. The van der Waals surface area contributed by atoms with Crippen LogP contribution in [-0.4, -0.2) is 26.8 Å². The van der Waals surface area contributed by atoms with Gasteiger partial charge >= 0.3 is 6.03 Å². The molecule has 1 saturated carbocycles. The van der Waals surface area contributed by atoms with Crippen molar-refractivity contribution in [3.8, 4) is 17.0 Å². The molecule has 3 N–H and O–H groups in total. The number of phenols is 1. The van der Waals surface area contributed by atoms with Gasteiger partial charge in [-0.1, -0.05) is 69.7 Å². The van der Waals surface area contributed by atoms with Gasteiger partial charge in [-0.15, -0.1) is 0 Å². The number of hydrogen-bond donors (Lipinski definition) is 3. The monoisotopic (exact) mass is 522 g/mol. The lowest BCUT2D eigenvalue weighted by atomic mass is 9.82. The first-order chi connectivity index (χ1) is 18.7. The van der Waals surface area contributed by atoms with Crippen LogP contribution in [0.3, 0.4) is 0 Å². The molecule has 0 aliphatic heterocycles. The number of rotatable bonds is 6. The highest BCUT2D eigenvalue weighted by Gasteiger charge is 2.27. The Labute approximate surface area is 228 Å². The number of carbonyl (C=O) groups excluding carboxylic acids is 2. The van der Waals surface area contributed by atoms with Crippen molar-refractivity contribution in [1.29, 1.82) is 0 Å². The van der Waals surface area contributed by atoms with Crippen molar-refractivity contribution in [3.63, 3.8) is 0 Å². The van der Waals surface area contributed by atoms with Crippen molar-refractivity contribution in [2.24, 2.45) is 0 Å². The first kappa shape index (κ1) is 26.2. The number of anilines is 1. The van der Waals surface area contributed by atoms with E-state index in [9.17, 15) is 14.7 Å². The van der Waals surface area contributed by atoms with E-state index in [2.05, 4.69) is 36.5 Å². The van der Waals surface area contributed by atoms with Gasteiger partial charge in [-0.3, -0.25) is 4.79 Å². The van der Waals surface area contributed by atoms with E-state index in [0.29, 0.717) is 29.1 Å². The summed E-state index contributed by atoms with van der Waals surface area (Å²) in [4.78, 5) is 26.1. The molecule has 1 fully saturated rings. The largest absolute Gasteiger partial charge is 0.507 e. The fourth-order valence-corrected chi connectivity index (χ4v) is 4.68. The molecule has 7 nitrogen and oxygen atoms in total. The maximum atomic E-state index is 13.1. The molecule has 0 bridgehead atoms. The zero-order valence-corrected chi connectivity index (χ0v) is 22.6. The van der Waals surface area contributed by atoms with Gasteiger partial charge in [0.05, 0.1) is 11.4 Å². The molecule has 0 radical (unpaired) electrons. The summed E-state index contributed by atoms with van der Waals surface area (Å²) in [6.07, 6.45) is 3.10. The van der Waals surface area contributed by atoms with Crippen LogP contribution in [0.5, 0.6) is 5.75 Å². The molecule has 3 aromatic carbocycles. The van der Waals surface area contributed by atoms with Crippen LogP contribution in [0.15, 0.2) is 78.9 Å². The van der Waals surface area contributed by atoms with Crippen LogP contribution in [0.2, 0.25) is 0 Å². The fourth-order valence-electron chi connectivity index (χ4n) is 4.68. The predicted molar refractivity (Wildman–Crippen MR) is 153 cm³/mol. The third kappa shape index (κ3) is 5.87. The third-order valence-electron chi connectivity index (χ3n) is 7.28. The molecule has 0 spiro atoms. The van der Waals surface area contributed by atoms with E-state index in [0.717, 1.165) is 36.1 Å². The van der Waals surface area contributed by atoms with Crippen LogP contribution in [0, 0.1) is 0 Å². The Morgan fingerprint density at radius 3 is 2.33 bits per heavy atom. The number of nitrogens with one attached hydrogen (secondary N) is 2. The second-order valence-corrected chi connectivity index (χ2v) is 11.2. The standard InChI is InChI=1S/C32H34N4O3/c1-32(2,3)24-14-12-23(13-15-24)30(38)34-25-16-17-29(37)26(18-25)27-19-28(22-10-7-11-22)36(35-27)31(39)33-20-21-8-5-4-6-9-21/h4-6,8-9,12-19,22,37H,7,10-11,20H2,1-3H3,(H,33,39)(H,34,38). The van der Waals surface area contributed by atoms with Gasteiger partial charge in [0, 0.05) is 29.3 Å². The molecule has 0 atom stereocenters.